The molecule has 1 aromatic heterocycles. The van der Waals surface area contributed by atoms with Crippen LogP contribution in [0.15, 0.2) is 33.5 Å². The van der Waals surface area contributed by atoms with Crippen molar-refractivity contribution in [3.05, 3.63) is 34.8 Å². The van der Waals surface area contributed by atoms with Crippen LogP contribution in [0.1, 0.15) is 26.7 Å². The Kier molecular flexibility index (Phi) is 4.73. The second kappa shape index (κ2) is 6.67. The Morgan fingerprint density at radius 1 is 1.40 bits per heavy atom. The maximum Gasteiger partial charge on any atom is 0.420 e. The van der Waals surface area contributed by atoms with Crippen molar-refractivity contribution in [3.63, 3.8) is 0 Å². The number of hydrogen-bond acceptors (Lipinski definition) is 5. The number of amides is 1. The van der Waals surface area contributed by atoms with Gasteiger partial charge >= 0.3 is 5.76 Å². The van der Waals surface area contributed by atoms with Crippen LogP contribution in [0.2, 0.25) is 0 Å². The molecule has 136 valence electrons. The first-order chi connectivity index (χ1) is 11.8. The van der Waals surface area contributed by atoms with E-state index < -0.39 is 15.6 Å². The van der Waals surface area contributed by atoms with Gasteiger partial charge in [-0.2, -0.15) is 0 Å². The first kappa shape index (κ1) is 17.7. The monoisotopic (exact) mass is 366 g/mol. The number of carbonyl (C=O) groups excluding carboxylic acids is 1. The number of carbonyl (C=O) groups is 1. The fraction of sp³-hybridized carbons (Fsp3) is 0.529. The number of hydrogen-bond donors (Lipinski definition) is 0. The molecule has 3 rings (SSSR count). The Hall–Kier alpha value is -2.09. The molecule has 1 aliphatic rings. The average molecular weight is 366 g/mol. The van der Waals surface area contributed by atoms with Crippen LogP contribution in [0.5, 0.6) is 0 Å². The minimum atomic E-state index is -3.10. The molecule has 2 atom stereocenters. The van der Waals surface area contributed by atoms with Gasteiger partial charge in [-0.3, -0.25) is 9.36 Å². The number of aromatic nitrogens is 1. The van der Waals surface area contributed by atoms with Gasteiger partial charge in [-0.1, -0.05) is 19.1 Å². The van der Waals surface area contributed by atoms with E-state index in [9.17, 15) is 18.0 Å². The van der Waals surface area contributed by atoms with Crippen LogP contribution < -0.4 is 5.76 Å². The Morgan fingerprint density at radius 2 is 2.12 bits per heavy atom. The highest BCUT2D eigenvalue weighted by Crippen LogP contribution is 2.22. The number of rotatable bonds is 5. The third-order valence-corrected chi connectivity index (χ3v) is 6.57. The van der Waals surface area contributed by atoms with Gasteiger partial charge in [0.15, 0.2) is 15.4 Å². The van der Waals surface area contributed by atoms with Gasteiger partial charge in [-0.25, -0.2) is 13.2 Å². The maximum atomic E-state index is 12.9. The van der Waals surface area contributed by atoms with Crippen LogP contribution >= 0.6 is 0 Å². The molecule has 2 heterocycles. The predicted molar refractivity (Wildman–Crippen MR) is 94.1 cm³/mol. The fourth-order valence-corrected chi connectivity index (χ4v) is 5.09. The number of para-hydroxylation sites is 2. The van der Waals surface area contributed by atoms with E-state index in [4.69, 9.17) is 4.42 Å². The van der Waals surface area contributed by atoms with Crippen molar-refractivity contribution in [1.82, 2.24) is 9.47 Å². The Bertz CT molecular complexity index is 943. The van der Waals surface area contributed by atoms with Crippen molar-refractivity contribution in [3.8, 4) is 0 Å². The summed E-state index contributed by atoms with van der Waals surface area (Å²) in [6.07, 6.45) is 1.16. The molecule has 25 heavy (non-hydrogen) atoms. The third kappa shape index (κ3) is 3.49. The van der Waals surface area contributed by atoms with Gasteiger partial charge < -0.3 is 9.32 Å². The van der Waals surface area contributed by atoms with E-state index in [2.05, 4.69) is 0 Å². The Morgan fingerprint density at radius 3 is 2.76 bits per heavy atom. The highest BCUT2D eigenvalue weighted by molar-refractivity contribution is 7.91. The van der Waals surface area contributed by atoms with Crippen LogP contribution in [0.4, 0.5) is 0 Å². The molecule has 0 unspecified atom stereocenters. The molecular weight excluding hydrogens is 344 g/mol. The number of sulfone groups is 1. The molecule has 0 aliphatic carbocycles. The Balaban J connectivity index is 1.90. The topological polar surface area (TPSA) is 89.6 Å². The van der Waals surface area contributed by atoms with Gasteiger partial charge in [0.1, 0.15) is 6.54 Å². The molecule has 1 aromatic carbocycles. The summed E-state index contributed by atoms with van der Waals surface area (Å²) < 4.78 is 30.1. The summed E-state index contributed by atoms with van der Waals surface area (Å²) in [5.74, 6) is -0.751. The normalized spacial score (nSPS) is 20.6. The zero-order chi connectivity index (χ0) is 18.2. The summed E-state index contributed by atoms with van der Waals surface area (Å²) in [4.78, 5) is 26.7. The van der Waals surface area contributed by atoms with Crippen LogP contribution in [-0.4, -0.2) is 47.4 Å². The van der Waals surface area contributed by atoms with E-state index in [0.717, 1.165) is 0 Å². The van der Waals surface area contributed by atoms with E-state index in [1.807, 2.05) is 13.8 Å². The first-order valence-electron chi connectivity index (χ1n) is 8.42. The largest absolute Gasteiger partial charge is 0.420 e. The third-order valence-electron chi connectivity index (χ3n) is 4.82. The molecule has 1 saturated heterocycles. The summed E-state index contributed by atoms with van der Waals surface area (Å²) in [7, 11) is -3.10. The highest BCUT2D eigenvalue weighted by atomic mass is 32.2. The Labute approximate surface area is 146 Å². The average Bonchev–Trinajstić information content (AvgIpc) is 3.07. The van der Waals surface area contributed by atoms with Crippen molar-refractivity contribution < 1.29 is 17.6 Å². The molecule has 1 amide bonds. The zero-order valence-corrected chi connectivity index (χ0v) is 15.2. The number of fused-ring (bicyclic) bond motifs is 1. The van der Waals surface area contributed by atoms with Gasteiger partial charge in [0, 0.05) is 12.1 Å². The zero-order valence-electron chi connectivity index (χ0n) is 14.3. The van der Waals surface area contributed by atoms with Crippen molar-refractivity contribution in [2.24, 2.45) is 0 Å². The summed E-state index contributed by atoms with van der Waals surface area (Å²) in [5, 5.41) is 0. The van der Waals surface area contributed by atoms with Gasteiger partial charge in [0.2, 0.25) is 5.91 Å². The van der Waals surface area contributed by atoms with E-state index in [1.54, 1.807) is 29.2 Å². The maximum absolute atomic E-state index is 12.9. The molecule has 2 aromatic rings. The molecular formula is C17H22N2O5S. The summed E-state index contributed by atoms with van der Waals surface area (Å²) in [5.41, 5.74) is 0.989. The van der Waals surface area contributed by atoms with Gasteiger partial charge in [0.05, 0.1) is 17.0 Å². The van der Waals surface area contributed by atoms with E-state index in [1.165, 1.54) is 4.57 Å². The summed E-state index contributed by atoms with van der Waals surface area (Å²) >= 11 is 0. The molecule has 7 nitrogen and oxygen atoms in total. The van der Waals surface area contributed by atoms with E-state index in [0.29, 0.717) is 23.9 Å². The lowest BCUT2D eigenvalue weighted by molar-refractivity contribution is -0.136. The standard InChI is InChI=1S/C17H22N2O5S/c1-3-12(2)19(13-8-9-25(22,23)11-13)16(20)10-18-14-6-4-5-7-15(14)24-17(18)21/h4-7,12-13H,3,8-11H2,1-2H3/t12-,13-/m1/s1. The van der Waals surface area contributed by atoms with Crippen LogP contribution in [0, 0.1) is 0 Å². The second-order valence-corrected chi connectivity index (χ2v) is 8.77. The molecule has 0 spiro atoms. The minimum absolute atomic E-state index is 0.00981. The number of oxazole rings is 1. The molecule has 0 N–H and O–H groups in total. The van der Waals surface area contributed by atoms with Crippen LogP contribution in [0.25, 0.3) is 11.1 Å². The van der Waals surface area contributed by atoms with Crippen molar-refractivity contribution in [2.45, 2.75) is 45.3 Å². The smallest absolute Gasteiger partial charge is 0.408 e. The number of benzene rings is 1. The highest BCUT2D eigenvalue weighted by Gasteiger charge is 2.36. The van der Waals surface area contributed by atoms with Gasteiger partial charge in [-0.15, -0.1) is 0 Å². The quantitative estimate of drug-likeness (QED) is 0.798. The lowest BCUT2D eigenvalue weighted by Gasteiger charge is -2.33. The van der Waals surface area contributed by atoms with Gasteiger partial charge in [-0.05, 0) is 31.9 Å². The van der Waals surface area contributed by atoms with Crippen molar-refractivity contribution >= 4 is 26.8 Å². The SMILES string of the molecule is CC[C@@H](C)N(C(=O)Cn1c(=O)oc2ccccc21)[C@@H]1CCS(=O)(=O)C1. The molecule has 1 fully saturated rings. The lowest BCUT2D eigenvalue weighted by Crippen LogP contribution is -2.48. The molecule has 0 saturated carbocycles. The molecule has 8 heteroatoms. The fourth-order valence-electron chi connectivity index (χ4n) is 3.38. The number of nitrogens with zero attached hydrogens (tertiary/aromatic N) is 2. The predicted octanol–water partition coefficient (Wildman–Crippen LogP) is 1.41. The van der Waals surface area contributed by atoms with Crippen molar-refractivity contribution in [1.29, 1.82) is 0 Å². The molecule has 0 radical (unpaired) electrons. The van der Waals surface area contributed by atoms with Crippen LogP contribution in [-0.2, 0) is 21.2 Å². The summed E-state index contributed by atoms with van der Waals surface area (Å²) in [6.45, 7) is 3.70. The molecule has 0 bridgehead atoms. The second-order valence-electron chi connectivity index (χ2n) is 6.54. The minimum Gasteiger partial charge on any atom is -0.408 e. The van der Waals surface area contributed by atoms with Gasteiger partial charge in [0.25, 0.3) is 0 Å². The van der Waals surface area contributed by atoms with Crippen LogP contribution in [0.3, 0.4) is 0 Å². The van der Waals surface area contributed by atoms with E-state index >= 15 is 0 Å². The first-order valence-corrected chi connectivity index (χ1v) is 10.2. The van der Waals surface area contributed by atoms with Crippen molar-refractivity contribution in [2.75, 3.05) is 11.5 Å². The lowest BCUT2D eigenvalue weighted by atomic mass is 10.1. The van der Waals surface area contributed by atoms with E-state index in [-0.39, 0.29) is 36.0 Å². The molecule has 1 aliphatic heterocycles. The summed E-state index contributed by atoms with van der Waals surface area (Å²) in [6, 6.07) is 6.50.